The van der Waals surface area contributed by atoms with Crippen LogP contribution in [0.3, 0.4) is 0 Å². The Morgan fingerprint density at radius 2 is 2.18 bits per heavy atom. The lowest BCUT2D eigenvalue weighted by molar-refractivity contribution is 0.217. The molecule has 0 aliphatic carbocycles. The number of piperidine rings is 1. The van der Waals surface area contributed by atoms with Crippen LogP contribution in [0.15, 0.2) is 4.52 Å². The van der Waals surface area contributed by atoms with Crippen molar-refractivity contribution in [1.82, 2.24) is 20.4 Å². The van der Waals surface area contributed by atoms with E-state index in [1.54, 1.807) is 0 Å². The largest absolute Gasteiger partial charge is 0.339 e. The minimum Gasteiger partial charge on any atom is -0.339 e. The van der Waals surface area contributed by atoms with Gasteiger partial charge in [-0.15, -0.1) is 0 Å². The van der Waals surface area contributed by atoms with Gasteiger partial charge in [0.25, 0.3) is 0 Å². The number of nitrogens with one attached hydrogen (secondary N) is 1. The zero-order chi connectivity index (χ0) is 12.1. The van der Waals surface area contributed by atoms with Gasteiger partial charge in [-0.1, -0.05) is 12.1 Å². The zero-order valence-corrected chi connectivity index (χ0v) is 10.8. The molecule has 1 aliphatic rings. The zero-order valence-electron chi connectivity index (χ0n) is 10.8. The molecule has 2 rings (SSSR count). The number of hydrogen-bond donors (Lipinski definition) is 1. The average molecular weight is 238 g/mol. The highest BCUT2D eigenvalue weighted by Crippen LogP contribution is 2.25. The summed E-state index contributed by atoms with van der Waals surface area (Å²) in [5, 5.41) is 7.20. The Balaban J connectivity index is 1.87. The highest BCUT2D eigenvalue weighted by atomic mass is 16.5. The minimum absolute atomic E-state index is 0.491. The van der Waals surface area contributed by atoms with Crippen LogP contribution >= 0.6 is 0 Å². The lowest BCUT2D eigenvalue weighted by Gasteiger charge is -2.29. The molecule has 0 saturated carbocycles. The highest BCUT2D eigenvalue weighted by Gasteiger charge is 2.23. The fourth-order valence-corrected chi connectivity index (χ4v) is 2.27. The second-order valence-corrected chi connectivity index (χ2v) is 4.61. The molecule has 1 aromatic rings. The quantitative estimate of drug-likeness (QED) is 0.830. The standard InChI is InChI=1S/C12H22N4O/c1-3-16-8-5-10(6-9-16)12-14-11(17-15-12)4-7-13-2/h10,13H,3-9H2,1-2H3. The molecule has 0 amide bonds. The number of likely N-dealkylation sites (N-methyl/N-ethyl adjacent to an activating group) is 1. The Hall–Kier alpha value is -0.940. The van der Waals surface area contributed by atoms with Gasteiger partial charge >= 0.3 is 0 Å². The van der Waals surface area contributed by atoms with Crippen LogP contribution in [0, 0.1) is 0 Å². The van der Waals surface area contributed by atoms with E-state index in [2.05, 4.69) is 27.3 Å². The molecular formula is C12H22N4O. The summed E-state index contributed by atoms with van der Waals surface area (Å²) in [5.74, 6) is 2.16. The van der Waals surface area contributed by atoms with Crippen molar-refractivity contribution >= 4 is 0 Å². The van der Waals surface area contributed by atoms with Gasteiger partial charge in [0, 0.05) is 18.9 Å². The van der Waals surface area contributed by atoms with E-state index in [1.807, 2.05) is 7.05 Å². The third-order valence-corrected chi connectivity index (χ3v) is 3.47. The molecule has 1 saturated heterocycles. The highest BCUT2D eigenvalue weighted by molar-refractivity contribution is 4.98. The van der Waals surface area contributed by atoms with E-state index in [9.17, 15) is 0 Å². The molecule has 0 unspecified atom stereocenters. The first-order chi connectivity index (χ1) is 8.33. The molecule has 0 spiro atoms. The monoisotopic (exact) mass is 238 g/mol. The number of hydrogen-bond acceptors (Lipinski definition) is 5. The van der Waals surface area contributed by atoms with Gasteiger partial charge in [0.1, 0.15) is 0 Å². The normalized spacial score (nSPS) is 18.7. The molecule has 1 fully saturated rings. The van der Waals surface area contributed by atoms with E-state index in [4.69, 9.17) is 4.52 Å². The molecule has 0 atom stereocenters. The number of rotatable bonds is 5. The smallest absolute Gasteiger partial charge is 0.227 e. The maximum Gasteiger partial charge on any atom is 0.227 e. The molecule has 1 N–H and O–H groups in total. The Bertz CT molecular complexity index is 331. The molecular weight excluding hydrogens is 216 g/mol. The summed E-state index contributed by atoms with van der Waals surface area (Å²) in [6.45, 7) is 6.55. The van der Waals surface area contributed by atoms with Crippen molar-refractivity contribution in [2.24, 2.45) is 0 Å². The van der Waals surface area contributed by atoms with E-state index >= 15 is 0 Å². The molecule has 5 heteroatoms. The Morgan fingerprint density at radius 3 is 2.82 bits per heavy atom. The van der Waals surface area contributed by atoms with Gasteiger partial charge in [-0.25, -0.2) is 0 Å². The minimum atomic E-state index is 0.491. The Kier molecular flexibility index (Phi) is 4.50. The molecule has 17 heavy (non-hydrogen) atoms. The number of aromatic nitrogens is 2. The van der Waals surface area contributed by atoms with Crippen molar-refractivity contribution in [2.75, 3.05) is 33.2 Å². The predicted molar refractivity (Wildman–Crippen MR) is 66.0 cm³/mol. The van der Waals surface area contributed by atoms with Gasteiger partial charge in [0.05, 0.1) is 0 Å². The van der Waals surface area contributed by atoms with Gasteiger partial charge in [0.2, 0.25) is 5.89 Å². The van der Waals surface area contributed by atoms with Crippen molar-refractivity contribution in [3.05, 3.63) is 11.7 Å². The van der Waals surface area contributed by atoms with Crippen LogP contribution in [-0.4, -0.2) is 48.3 Å². The molecule has 5 nitrogen and oxygen atoms in total. The molecule has 0 aromatic carbocycles. The Morgan fingerprint density at radius 1 is 1.41 bits per heavy atom. The number of nitrogens with zero attached hydrogens (tertiary/aromatic N) is 3. The van der Waals surface area contributed by atoms with E-state index in [0.29, 0.717) is 5.92 Å². The molecule has 96 valence electrons. The van der Waals surface area contributed by atoms with Crippen LogP contribution in [0.2, 0.25) is 0 Å². The fourth-order valence-electron chi connectivity index (χ4n) is 2.27. The average Bonchev–Trinajstić information content (AvgIpc) is 2.85. The summed E-state index contributed by atoms with van der Waals surface area (Å²) in [5.41, 5.74) is 0. The van der Waals surface area contributed by atoms with Gasteiger partial charge in [0.15, 0.2) is 5.82 Å². The summed E-state index contributed by atoms with van der Waals surface area (Å²) in [4.78, 5) is 6.96. The maximum atomic E-state index is 5.26. The molecule has 1 aliphatic heterocycles. The van der Waals surface area contributed by atoms with Crippen molar-refractivity contribution < 1.29 is 4.52 Å². The van der Waals surface area contributed by atoms with Gasteiger partial charge in [-0.2, -0.15) is 4.98 Å². The van der Waals surface area contributed by atoms with Crippen molar-refractivity contribution in [3.8, 4) is 0 Å². The molecule has 1 aromatic heterocycles. The second kappa shape index (κ2) is 6.12. The van der Waals surface area contributed by atoms with Crippen LogP contribution in [0.4, 0.5) is 0 Å². The number of likely N-dealkylation sites (tertiary alicyclic amines) is 1. The van der Waals surface area contributed by atoms with Gasteiger partial charge < -0.3 is 14.7 Å². The summed E-state index contributed by atoms with van der Waals surface area (Å²) >= 11 is 0. The van der Waals surface area contributed by atoms with Gasteiger partial charge in [-0.05, 0) is 39.5 Å². The van der Waals surface area contributed by atoms with Crippen LogP contribution in [0.25, 0.3) is 0 Å². The molecule has 2 heterocycles. The lowest BCUT2D eigenvalue weighted by Crippen LogP contribution is -2.32. The third kappa shape index (κ3) is 3.26. The fraction of sp³-hybridized carbons (Fsp3) is 0.833. The van der Waals surface area contributed by atoms with E-state index < -0.39 is 0 Å². The summed E-state index contributed by atoms with van der Waals surface area (Å²) in [6, 6.07) is 0. The SMILES string of the molecule is CCN1CCC(c2noc(CCNC)n2)CC1. The van der Waals surface area contributed by atoms with Crippen LogP contribution in [-0.2, 0) is 6.42 Å². The summed E-state index contributed by atoms with van der Waals surface area (Å²) < 4.78 is 5.26. The molecule has 0 radical (unpaired) electrons. The van der Waals surface area contributed by atoms with Crippen LogP contribution < -0.4 is 5.32 Å². The topological polar surface area (TPSA) is 54.2 Å². The lowest BCUT2D eigenvalue weighted by atomic mass is 9.96. The third-order valence-electron chi connectivity index (χ3n) is 3.47. The first-order valence-corrected chi connectivity index (χ1v) is 6.53. The van der Waals surface area contributed by atoms with E-state index in [1.165, 1.54) is 0 Å². The molecule has 0 bridgehead atoms. The first kappa shape index (κ1) is 12.5. The summed E-state index contributed by atoms with van der Waals surface area (Å²) in [7, 11) is 1.93. The van der Waals surface area contributed by atoms with Crippen molar-refractivity contribution in [2.45, 2.75) is 32.1 Å². The van der Waals surface area contributed by atoms with Crippen molar-refractivity contribution in [3.63, 3.8) is 0 Å². The van der Waals surface area contributed by atoms with E-state index in [-0.39, 0.29) is 0 Å². The first-order valence-electron chi connectivity index (χ1n) is 6.53. The predicted octanol–water partition coefficient (Wildman–Crippen LogP) is 1.03. The van der Waals surface area contributed by atoms with E-state index in [0.717, 1.165) is 57.2 Å². The summed E-state index contributed by atoms with van der Waals surface area (Å²) in [6.07, 6.45) is 3.12. The second-order valence-electron chi connectivity index (χ2n) is 4.61. The van der Waals surface area contributed by atoms with Crippen LogP contribution in [0.5, 0.6) is 0 Å². The van der Waals surface area contributed by atoms with Gasteiger partial charge in [-0.3, -0.25) is 0 Å². The van der Waals surface area contributed by atoms with Crippen molar-refractivity contribution in [1.29, 1.82) is 0 Å². The van der Waals surface area contributed by atoms with Crippen LogP contribution in [0.1, 0.15) is 37.4 Å². The maximum absolute atomic E-state index is 5.26. The Labute approximate surface area is 103 Å².